The van der Waals surface area contributed by atoms with Crippen LogP contribution in [0.4, 0.5) is 0 Å². The molecule has 166 valence electrons. The Morgan fingerprint density at radius 3 is 2.33 bits per heavy atom. The van der Waals surface area contributed by atoms with E-state index in [2.05, 4.69) is 0 Å². The Morgan fingerprint density at radius 2 is 1.80 bits per heavy atom. The molecule has 5 heteroatoms. The third kappa shape index (κ3) is 5.19. The quantitative estimate of drug-likeness (QED) is 0.390. The first-order valence-corrected chi connectivity index (χ1v) is 10.8. The third-order valence-corrected chi connectivity index (χ3v) is 6.53. The van der Waals surface area contributed by atoms with Crippen LogP contribution in [0.15, 0.2) is 24.0 Å². The predicted molar refractivity (Wildman–Crippen MR) is 120 cm³/mol. The summed E-state index contributed by atoms with van der Waals surface area (Å²) in [4.78, 5) is 26.5. The molecule has 30 heavy (non-hydrogen) atoms. The van der Waals surface area contributed by atoms with Crippen LogP contribution < -0.4 is 5.73 Å². The molecule has 0 atom stereocenters. The van der Waals surface area contributed by atoms with Gasteiger partial charge in [-0.05, 0) is 77.8 Å². The van der Waals surface area contributed by atoms with Crippen molar-refractivity contribution in [1.29, 1.82) is 0 Å². The van der Waals surface area contributed by atoms with E-state index >= 15 is 0 Å². The summed E-state index contributed by atoms with van der Waals surface area (Å²) >= 11 is 0. The van der Waals surface area contributed by atoms with Crippen molar-refractivity contribution in [3.63, 3.8) is 0 Å². The zero-order chi connectivity index (χ0) is 22.7. The Kier molecular flexibility index (Phi) is 7.64. The monoisotopic (exact) mass is 415 g/mol. The minimum absolute atomic E-state index is 0.131. The fourth-order valence-electron chi connectivity index (χ4n) is 3.77. The number of aryl methyl sites for hydroxylation is 2. The molecule has 0 unspecified atom stereocenters. The van der Waals surface area contributed by atoms with Gasteiger partial charge >= 0.3 is 5.97 Å². The first kappa shape index (κ1) is 24.3. The molecule has 1 aliphatic carbocycles. The van der Waals surface area contributed by atoms with E-state index in [0.29, 0.717) is 30.6 Å². The highest BCUT2D eigenvalue weighted by atomic mass is 16.5. The van der Waals surface area contributed by atoms with Gasteiger partial charge in [0.2, 0.25) is 0 Å². The average Bonchev–Trinajstić information content (AvgIpc) is 2.71. The second-order valence-electron chi connectivity index (χ2n) is 9.30. The summed E-state index contributed by atoms with van der Waals surface area (Å²) in [6.45, 7) is 11.3. The molecular weight excluding hydrogens is 378 g/mol. The first-order chi connectivity index (χ1) is 13.9. The number of hydrogen-bond donors (Lipinski definition) is 1. The first-order valence-electron chi connectivity index (χ1n) is 10.8. The smallest absolute Gasteiger partial charge is 0.316 e. The number of benzene rings is 1. The van der Waals surface area contributed by atoms with Crippen molar-refractivity contribution >= 4 is 17.3 Å². The molecule has 1 saturated carbocycles. The van der Waals surface area contributed by atoms with E-state index < -0.39 is 11.0 Å². The molecule has 0 spiro atoms. The molecule has 0 radical (unpaired) electrons. The van der Waals surface area contributed by atoms with Crippen molar-refractivity contribution in [3.8, 4) is 0 Å². The second-order valence-corrected chi connectivity index (χ2v) is 9.30. The van der Waals surface area contributed by atoms with Crippen LogP contribution in [0.5, 0.6) is 0 Å². The molecule has 2 rings (SSSR count). The van der Waals surface area contributed by atoms with Gasteiger partial charge in [0, 0.05) is 7.11 Å². The topological polar surface area (TPSA) is 78.6 Å². The van der Waals surface area contributed by atoms with Gasteiger partial charge in [0.1, 0.15) is 5.76 Å². The summed E-state index contributed by atoms with van der Waals surface area (Å²) in [6, 6.07) is 5.95. The summed E-state index contributed by atoms with van der Waals surface area (Å²) < 4.78 is 11.2. The Labute approximate surface area is 181 Å². The SMILES string of the molecule is CCC(C)(C)C(=O)O/C(C)=C(\c1cc(C)ccc1C)C(=O)[C@]1(N)CC[C@@H](OC)CC1. The number of methoxy groups -OCH3 is 1. The van der Waals surface area contributed by atoms with Crippen LogP contribution in [0.1, 0.15) is 76.5 Å². The lowest BCUT2D eigenvalue weighted by Crippen LogP contribution is -2.52. The number of allylic oxidation sites excluding steroid dienone is 1. The maximum absolute atomic E-state index is 13.8. The average molecular weight is 416 g/mol. The van der Waals surface area contributed by atoms with Gasteiger partial charge in [-0.25, -0.2) is 0 Å². The number of carbonyl (C=O) groups is 2. The van der Waals surface area contributed by atoms with Crippen LogP contribution in [0.2, 0.25) is 0 Å². The van der Waals surface area contributed by atoms with Gasteiger partial charge in [-0.15, -0.1) is 0 Å². The van der Waals surface area contributed by atoms with Gasteiger partial charge in [-0.1, -0.05) is 30.7 Å². The zero-order valence-corrected chi connectivity index (χ0v) is 19.6. The van der Waals surface area contributed by atoms with Crippen LogP contribution in [-0.2, 0) is 19.1 Å². The lowest BCUT2D eigenvalue weighted by molar-refractivity contribution is -0.149. The van der Waals surface area contributed by atoms with Crippen molar-refractivity contribution in [1.82, 2.24) is 0 Å². The second kappa shape index (κ2) is 9.44. The number of Topliss-reactive ketones (excluding diaryl/α,β-unsaturated/α-hetero) is 1. The largest absolute Gasteiger partial charge is 0.430 e. The highest BCUT2D eigenvalue weighted by molar-refractivity contribution is 6.26. The molecular formula is C25H37NO4. The van der Waals surface area contributed by atoms with Gasteiger partial charge in [-0.2, -0.15) is 0 Å². The van der Waals surface area contributed by atoms with Gasteiger partial charge in [0.25, 0.3) is 0 Å². The van der Waals surface area contributed by atoms with Crippen molar-refractivity contribution in [2.75, 3.05) is 7.11 Å². The molecule has 1 aliphatic rings. The number of ether oxygens (including phenoxy) is 2. The van der Waals surface area contributed by atoms with E-state index in [1.54, 1.807) is 14.0 Å². The van der Waals surface area contributed by atoms with Gasteiger partial charge < -0.3 is 15.2 Å². The highest BCUT2D eigenvalue weighted by Crippen LogP contribution is 2.36. The van der Waals surface area contributed by atoms with E-state index in [9.17, 15) is 9.59 Å². The Morgan fingerprint density at radius 1 is 1.20 bits per heavy atom. The normalized spacial score (nSPS) is 23.0. The summed E-state index contributed by atoms with van der Waals surface area (Å²) in [5.74, 6) is -0.184. The molecule has 0 saturated heterocycles. The number of carbonyl (C=O) groups excluding carboxylic acids is 2. The van der Waals surface area contributed by atoms with Crippen LogP contribution in [0, 0.1) is 19.3 Å². The molecule has 0 heterocycles. The van der Waals surface area contributed by atoms with E-state index in [1.165, 1.54) is 0 Å². The molecule has 0 aliphatic heterocycles. The molecule has 0 bridgehead atoms. The van der Waals surface area contributed by atoms with Crippen molar-refractivity contribution in [2.45, 2.75) is 85.3 Å². The summed E-state index contributed by atoms with van der Waals surface area (Å²) in [7, 11) is 1.69. The Bertz CT molecular complexity index is 830. The van der Waals surface area contributed by atoms with Gasteiger partial charge in [0.15, 0.2) is 5.78 Å². The number of nitrogens with two attached hydrogens (primary N) is 1. The molecule has 1 fully saturated rings. The fourth-order valence-corrected chi connectivity index (χ4v) is 3.77. The number of rotatable bonds is 7. The van der Waals surface area contributed by atoms with E-state index in [0.717, 1.165) is 29.5 Å². The minimum atomic E-state index is -0.992. The van der Waals surface area contributed by atoms with Crippen LogP contribution in [-0.4, -0.2) is 30.5 Å². The third-order valence-electron chi connectivity index (χ3n) is 6.53. The van der Waals surface area contributed by atoms with Crippen LogP contribution >= 0.6 is 0 Å². The predicted octanol–water partition coefficient (Wildman–Crippen LogP) is 4.87. The summed E-state index contributed by atoms with van der Waals surface area (Å²) in [5.41, 5.74) is 8.19. The molecule has 1 aromatic carbocycles. The molecule has 5 nitrogen and oxygen atoms in total. The maximum Gasteiger partial charge on any atom is 0.316 e. The molecule has 0 amide bonds. The van der Waals surface area contributed by atoms with E-state index in [-0.39, 0.29) is 17.9 Å². The summed E-state index contributed by atoms with van der Waals surface area (Å²) in [6.07, 6.45) is 3.33. The minimum Gasteiger partial charge on any atom is -0.430 e. The number of esters is 1. The van der Waals surface area contributed by atoms with E-state index in [1.807, 2.05) is 52.8 Å². The molecule has 0 aromatic heterocycles. The summed E-state index contributed by atoms with van der Waals surface area (Å²) in [5, 5.41) is 0. The Balaban J connectivity index is 2.53. The van der Waals surface area contributed by atoms with Crippen molar-refractivity contribution in [2.24, 2.45) is 11.1 Å². The Hall–Kier alpha value is -1.98. The standard InChI is InChI=1S/C25H37NO4/c1-8-24(5,6)23(28)30-18(4)21(20-15-16(2)9-10-17(20)3)22(27)25(26)13-11-19(29-7)12-14-25/h9-10,15,19H,8,11-14,26H2,1-7H3/b21-18+/t19-,25+. The zero-order valence-electron chi connectivity index (χ0n) is 19.6. The molecule has 1 aromatic rings. The van der Waals surface area contributed by atoms with Crippen molar-refractivity contribution in [3.05, 3.63) is 40.6 Å². The fraction of sp³-hybridized carbons (Fsp3) is 0.600. The van der Waals surface area contributed by atoms with Crippen LogP contribution in [0.3, 0.4) is 0 Å². The van der Waals surface area contributed by atoms with Crippen molar-refractivity contribution < 1.29 is 19.1 Å². The lowest BCUT2D eigenvalue weighted by atomic mass is 9.74. The number of ketones is 1. The lowest BCUT2D eigenvalue weighted by Gasteiger charge is -2.36. The van der Waals surface area contributed by atoms with Gasteiger partial charge in [-0.3, -0.25) is 9.59 Å². The van der Waals surface area contributed by atoms with Gasteiger partial charge in [0.05, 0.1) is 22.6 Å². The number of hydrogen-bond acceptors (Lipinski definition) is 5. The molecule has 2 N–H and O–H groups in total. The van der Waals surface area contributed by atoms with Crippen LogP contribution in [0.25, 0.3) is 5.57 Å². The van der Waals surface area contributed by atoms with E-state index in [4.69, 9.17) is 15.2 Å². The highest BCUT2D eigenvalue weighted by Gasteiger charge is 2.41. The maximum atomic E-state index is 13.8.